The first kappa shape index (κ1) is 11.8. The van der Waals surface area contributed by atoms with Gasteiger partial charge in [0.25, 0.3) is 0 Å². The number of hydrogen-bond donors (Lipinski definition) is 0. The molecule has 20 heavy (non-hydrogen) atoms. The Labute approximate surface area is 124 Å². The minimum atomic E-state index is 0.973. The molecule has 96 valence electrons. The van der Waals surface area contributed by atoms with E-state index >= 15 is 0 Å². The third kappa shape index (κ3) is 1.85. The molecule has 0 atom stereocenters. The van der Waals surface area contributed by atoms with Crippen LogP contribution in [0.3, 0.4) is 0 Å². The van der Waals surface area contributed by atoms with Crippen LogP contribution in [0.15, 0.2) is 59.6 Å². The number of rotatable bonds is 2. The van der Waals surface area contributed by atoms with Crippen LogP contribution < -0.4 is 0 Å². The van der Waals surface area contributed by atoms with Crippen LogP contribution in [0.4, 0.5) is 0 Å². The van der Waals surface area contributed by atoms with Gasteiger partial charge in [-0.05, 0) is 22.9 Å². The van der Waals surface area contributed by atoms with E-state index in [-0.39, 0.29) is 0 Å². The van der Waals surface area contributed by atoms with Crippen LogP contribution in [0.5, 0.6) is 0 Å². The maximum Gasteiger partial charge on any atom is 0.0979 e. The van der Waals surface area contributed by atoms with E-state index in [1.54, 1.807) is 35.1 Å². The summed E-state index contributed by atoms with van der Waals surface area (Å²) in [7, 11) is 0. The van der Waals surface area contributed by atoms with Gasteiger partial charge in [-0.15, -0.1) is 22.7 Å². The Balaban J connectivity index is 2.05. The molecule has 0 aliphatic carbocycles. The first-order valence-electron chi connectivity index (χ1n) is 6.25. The van der Waals surface area contributed by atoms with Crippen LogP contribution in [0.1, 0.15) is 0 Å². The van der Waals surface area contributed by atoms with E-state index in [1.807, 2.05) is 0 Å². The first-order valence-corrected chi connectivity index (χ1v) is 8.01. The molecule has 4 heteroatoms. The minimum Gasteiger partial charge on any atom is -0.252 e. The molecule has 0 spiro atoms. The van der Waals surface area contributed by atoms with Gasteiger partial charge >= 0.3 is 0 Å². The van der Waals surface area contributed by atoms with Crippen LogP contribution in [0.2, 0.25) is 0 Å². The average Bonchev–Trinajstić information content (AvgIpc) is 3.19. The Morgan fingerprint density at radius 2 is 1.15 bits per heavy atom. The third-order valence-electron chi connectivity index (χ3n) is 3.20. The molecule has 3 heterocycles. The van der Waals surface area contributed by atoms with Gasteiger partial charge in [-0.25, -0.2) is 0 Å². The van der Waals surface area contributed by atoms with E-state index in [2.05, 4.69) is 57.1 Å². The smallest absolute Gasteiger partial charge is 0.0979 e. The lowest BCUT2D eigenvalue weighted by Crippen LogP contribution is -1.88. The van der Waals surface area contributed by atoms with Gasteiger partial charge in [-0.3, -0.25) is 9.97 Å². The lowest BCUT2D eigenvalue weighted by atomic mass is 10.1. The molecule has 0 aliphatic heterocycles. The van der Waals surface area contributed by atoms with Crippen molar-refractivity contribution in [1.29, 1.82) is 0 Å². The van der Waals surface area contributed by atoms with Crippen LogP contribution in [0, 0.1) is 0 Å². The highest BCUT2D eigenvalue weighted by Crippen LogP contribution is 2.36. The van der Waals surface area contributed by atoms with Gasteiger partial charge < -0.3 is 0 Å². The van der Waals surface area contributed by atoms with E-state index < -0.39 is 0 Å². The van der Waals surface area contributed by atoms with E-state index in [9.17, 15) is 0 Å². The topological polar surface area (TPSA) is 25.8 Å². The second kappa shape index (κ2) is 4.81. The normalized spacial score (nSPS) is 11.0. The Morgan fingerprint density at radius 1 is 0.650 bits per heavy atom. The second-order valence-corrected chi connectivity index (χ2v) is 6.26. The lowest BCUT2D eigenvalue weighted by Gasteiger charge is -2.07. The second-order valence-electron chi connectivity index (χ2n) is 4.37. The number of nitrogens with zero attached hydrogens (tertiary/aromatic N) is 2. The summed E-state index contributed by atoms with van der Waals surface area (Å²) < 4.78 is 0. The molecular formula is C16H10N2S2. The summed E-state index contributed by atoms with van der Waals surface area (Å²) in [4.78, 5) is 11.6. The predicted octanol–water partition coefficient (Wildman–Crippen LogP) is 5.09. The fourth-order valence-electron chi connectivity index (χ4n) is 2.32. The monoisotopic (exact) mass is 294 g/mol. The average molecular weight is 294 g/mol. The fourth-order valence-corrected chi connectivity index (χ4v) is 3.82. The van der Waals surface area contributed by atoms with Crippen LogP contribution in [-0.2, 0) is 0 Å². The van der Waals surface area contributed by atoms with Crippen LogP contribution in [-0.4, -0.2) is 9.97 Å². The van der Waals surface area contributed by atoms with E-state index in [0.29, 0.717) is 0 Å². The van der Waals surface area contributed by atoms with Crippen molar-refractivity contribution in [3.63, 3.8) is 0 Å². The highest BCUT2D eigenvalue weighted by Gasteiger charge is 2.12. The maximum absolute atomic E-state index is 4.56. The van der Waals surface area contributed by atoms with Gasteiger partial charge in [0.1, 0.15) is 0 Å². The molecule has 2 nitrogen and oxygen atoms in total. The molecule has 0 saturated heterocycles. The fraction of sp³-hybridized carbons (Fsp3) is 0. The number of aromatic nitrogens is 2. The number of hydrogen-bond acceptors (Lipinski definition) is 4. The van der Waals surface area contributed by atoms with Crippen molar-refractivity contribution in [3.8, 4) is 20.9 Å². The molecule has 0 aliphatic rings. The molecule has 3 aromatic heterocycles. The van der Waals surface area contributed by atoms with Crippen molar-refractivity contribution in [2.45, 2.75) is 0 Å². The number of benzene rings is 1. The van der Waals surface area contributed by atoms with Gasteiger partial charge in [0.15, 0.2) is 0 Å². The third-order valence-corrected chi connectivity index (χ3v) is 5.00. The molecule has 0 fully saturated rings. The molecular weight excluding hydrogens is 284 g/mol. The molecule has 0 saturated carbocycles. The highest BCUT2D eigenvalue weighted by atomic mass is 32.1. The zero-order valence-electron chi connectivity index (χ0n) is 10.5. The van der Waals surface area contributed by atoms with E-state index in [4.69, 9.17) is 0 Å². The van der Waals surface area contributed by atoms with E-state index in [0.717, 1.165) is 22.2 Å². The minimum absolute atomic E-state index is 0.973. The van der Waals surface area contributed by atoms with Crippen molar-refractivity contribution in [1.82, 2.24) is 9.97 Å². The summed E-state index contributed by atoms with van der Waals surface area (Å²) in [5, 5.41) is 4.18. The quantitative estimate of drug-likeness (QED) is 0.515. The first-order chi connectivity index (χ1) is 9.93. The van der Waals surface area contributed by atoms with Gasteiger partial charge in [-0.1, -0.05) is 24.3 Å². The largest absolute Gasteiger partial charge is 0.252 e. The van der Waals surface area contributed by atoms with Crippen molar-refractivity contribution in [2.24, 2.45) is 0 Å². The van der Waals surface area contributed by atoms with Gasteiger partial charge in [0, 0.05) is 33.3 Å². The SMILES string of the molecule is c1csc(-c2ccc(-c3cccs3)c3nccnc23)c1. The summed E-state index contributed by atoms with van der Waals surface area (Å²) in [6, 6.07) is 12.7. The van der Waals surface area contributed by atoms with E-state index in [1.165, 1.54) is 9.75 Å². The molecule has 0 unspecified atom stereocenters. The maximum atomic E-state index is 4.56. The summed E-state index contributed by atoms with van der Waals surface area (Å²) in [6.07, 6.45) is 3.52. The summed E-state index contributed by atoms with van der Waals surface area (Å²) in [5.41, 5.74) is 4.26. The Hall–Kier alpha value is -2.04. The molecule has 0 N–H and O–H groups in total. The number of thiophene rings is 2. The van der Waals surface area contributed by atoms with Crippen molar-refractivity contribution >= 4 is 33.7 Å². The molecule has 1 aromatic carbocycles. The van der Waals surface area contributed by atoms with Crippen LogP contribution >= 0.6 is 22.7 Å². The zero-order valence-corrected chi connectivity index (χ0v) is 12.1. The van der Waals surface area contributed by atoms with Gasteiger partial charge in [0.05, 0.1) is 11.0 Å². The summed E-state index contributed by atoms with van der Waals surface area (Å²) in [6.45, 7) is 0. The Kier molecular flexibility index (Phi) is 2.83. The van der Waals surface area contributed by atoms with Crippen LogP contribution in [0.25, 0.3) is 31.9 Å². The molecule has 4 rings (SSSR count). The Bertz CT molecular complexity index is 777. The Morgan fingerprint density at radius 3 is 1.55 bits per heavy atom. The zero-order chi connectivity index (χ0) is 13.4. The number of fused-ring (bicyclic) bond motifs is 1. The summed E-state index contributed by atoms with van der Waals surface area (Å²) in [5.74, 6) is 0. The molecule has 0 radical (unpaired) electrons. The van der Waals surface area contributed by atoms with Crippen molar-refractivity contribution < 1.29 is 0 Å². The van der Waals surface area contributed by atoms with Gasteiger partial charge in [-0.2, -0.15) is 0 Å². The standard InChI is InChI=1S/C16H10N2S2/c1-3-13(19-9-1)11-5-6-12(14-4-2-10-20-14)16-15(11)17-7-8-18-16/h1-10H. The molecule has 0 amide bonds. The molecule has 4 aromatic rings. The van der Waals surface area contributed by atoms with Crippen molar-refractivity contribution in [3.05, 3.63) is 59.6 Å². The highest BCUT2D eigenvalue weighted by molar-refractivity contribution is 7.14. The van der Waals surface area contributed by atoms with Gasteiger partial charge in [0.2, 0.25) is 0 Å². The molecule has 0 bridgehead atoms. The van der Waals surface area contributed by atoms with Crippen molar-refractivity contribution in [2.75, 3.05) is 0 Å². The predicted molar refractivity (Wildman–Crippen MR) is 86.2 cm³/mol. The summed E-state index contributed by atoms with van der Waals surface area (Å²) >= 11 is 3.46. The lowest BCUT2D eigenvalue weighted by molar-refractivity contribution is 1.30.